The minimum absolute atomic E-state index is 0.0111. The summed E-state index contributed by atoms with van der Waals surface area (Å²) in [5.74, 6) is -3.38. The Balaban J connectivity index is 1.84. The molecule has 12 nitrogen and oxygen atoms in total. The van der Waals surface area contributed by atoms with Crippen molar-refractivity contribution in [3.8, 4) is 0 Å². The second-order valence-corrected chi connectivity index (χ2v) is 12.9. The number of carbonyl (C=O) groups is 4. The number of para-hydroxylation sites is 1. The van der Waals surface area contributed by atoms with Crippen LogP contribution in [0.25, 0.3) is 10.5 Å². The molecule has 0 unspecified atom stereocenters. The van der Waals surface area contributed by atoms with Crippen molar-refractivity contribution in [2.75, 3.05) is 19.0 Å². The van der Waals surface area contributed by atoms with Gasteiger partial charge in [0.2, 0.25) is 0 Å². The Kier molecular flexibility index (Phi) is 7.58. The Morgan fingerprint density at radius 3 is 2.07 bits per heavy atom. The van der Waals surface area contributed by atoms with E-state index in [1.807, 2.05) is 36.2 Å². The number of hydrogen-bond donors (Lipinski definition) is 2. The lowest BCUT2D eigenvalue weighted by molar-refractivity contribution is -0.138. The molecule has 2 amide bonds. The number of benzene rings is 1. The summed E-state index contributed by atoms with van der Waals surface area (Å²) in [6, 6.07) is 7.78. The first kappa shape index (κ1) is 28.7. The fourth-order valence-electron chi connectivity index (χ4n) is 4.17. The highest BCUT2D eigenvalue weighted by molar-refractivity contribution is 8.23. The van der Waals surface area contributed by atoms with Crippen molar-refractivity contribution in [1.82, 2.24) is 14.0 Å². The van der Waals surface area contributed by atoms with E-state index in [0.29, 0.717) is 17.3 Å². The number of rotatable bonds is 5. The largest absolute Gasteiger partial charge is 0.480 e. The maximum absolute atomic E-state index is 13.5. The first-order valence-corrected chi connectivity index (χ1v) is 15.0. The molecular weight excluding hydrogens is 613 g/mol. The molecular formula is C25H20N4O8S4. The highest BCUT2D eigenvalue weighted by Gasteiger charge is 2.34. The molecule has 2 aliphatic heterocycles. The van der Waals surface area contributed by atoms with Crippen LogP contribution < -0.4 is 25.2 Å². The molecule has 1 saturated heterocycles. The van der Waals surface area contributed by atoms with Gasteiger partial charge in [-0.05, 0) is 42.5 Å². The number of hydrogen-bond acceptors (Lipinski definition) is 11. The van der Waals surface area contributed by atoms with Gasteiger partial charge >= 0.3 is 11.9 Å². The number of thiazole rings is 2. The number of anilines is 1. The van der Waals surface area contributed by atoms with Crippen LogP contribution in [0.15, 0.2) is 49.9 Å². The quantitative estimate of drug-likeness (QED) is 0.417. The lowest BCUT2D eigenvalue weighted by atomic mass is 10.3. The van der Waals surface area contributed by atoms with E-state index >= 15 is 0 Å². The molecule has 5 rings (SSSR count). The van der Waals surface area contributed by atoms with E-state index in [-0.39, 0.29) is 23.3 Å². The number of nitrogens with zero attached hydrogens (tertiary/aromatic N) is 4. The third kappa shape index (κ3) is 5.07. The summed E-state index contributed by atoms with van der Waals surface area (Å²) in [7, 11) is 3.15. The van der Waals surface area contributed by atoms with Gasteiger partial charge in [-0.15, -0.1) is 22.7 Å². The topological polar surface area (TPSA) is 159 Å². The number of carboxylic acids is 2. The molecule has 1 fully saturated rings. The summed E-state index contributed by atoms with van der Waals surface area (Å²) < 4.78 is 1.85. The monoisotopic (exact) mass is 632 g/mol. The van der Waals surface area contributed by atoms with E-state index in [4.69, 9.17) is 0 Å². The van der Waals surface area contributed by atoms with Crippen LogP contribution in [0.3, 0.4) is 0 Å². The maximum atomic E-state index is 13.5. The molecule has 0 saturated carbocycles. The number of carboxylic acid groups (broad SMARTS) is 2. The molecule has 2 aromatic heterocycles. The van der Waals surface area contributed by atoms with Crippen LogP contribution in [-0.4, -0.2) is 61.4 Å². The number of thioether (sulfide) groups is 2. The van der Waals surface area contributed by atoms with E-state index in [9.17, 15) is 39.0 Å². The second-order valence-electron chi connectivity index (χ2n) is 8.90. The number of fused-ring (bicyclic) bond motifs is 1. The van der Waals surface area contributed by atoms with Crippen LogP contribution in [0.2, 0.25) is 0 Å². The molecule has 3 aromatic rings. The summed E-state index contributed by atoms with van der Waals surface area (Å²) in [5, 5.41) is 19.2. The number of imide groups is 1. The van der Waals surface area contributed by atoms with Gasteiger partial charge in [-0.2, -0.15) is 0 Å². The molecule has 41 heavy (non-hydrogen) atoms. The third-order valence-electron chi connectivity index (χ3n) is 6.17. The normalized spacial score (nSPS) is 18.9. The van der Waals surface area contributed by atoms with E-state index in [1.54, 1.807) is 13.0 Å². The zero-order valence-corrected chi connectivity index (χ0v) is 24.8. The molecule has 16 heteroatoms. The fraction of sp³-hybridized carbons (Fsp3) is 0.200. The van der Waals surface area contributed by atoms with E-state index in [2.05, 4.69) is 0 Å². The van der Waals surface area contributed by atoms with E-state index in [0.717, 1.165) is 52.3 Å². The molecule has 0 radical (unpaired) electrons. The molecule has 212 valence electrons. The number of amides is 2. The van der Waals surface area contributed by atoms with Gasteiger partial charge in [0, 0.05) is 19.0 Å². The minimum atomic E-state index is -1.36. The van der Waals surface area contributed by atoms with Gasteiger partial charge in [-0.25, -0.2) is 0 Å². The number of carbonyl (C=O) groups excluding carboxylic acids is 2. The Morgan fingerprint density at radius 1 is 0.854 bits per heavy atom. The molecule has 0 atom stereocenters. The van der Waals surface area contributed by atoms with Crippen LogP contribution in [0.5, 0.6) is 0 Å². The van der Waals surface area contributed by atoms with Crippen molar-refractivity contribution in [2.24, 2.45) is 0 Å². The standard InChI is InChI=1S/C25H20N4O8S4/c1-11(8-14-26(2)12-6-4-5-7-13(12)38-14)17-21(35)28(9-15(30)31)24(39-17)19-22(36)29(10-16(32)33)23(40-19)18-20(34)27(3)25(37)41-18/h4-8H,9-10H2,1-3H3,(H,30,31)(H,32,33)/b14-8?,17-11+,23-18+,24-19+. The molecule has 0 spiro atoms. The summed E-state index contributed by atoms with van der Waals surface area (Å²) in [5.41, 5.74) is 0.0915. The summed E-state index contributed by atoms with van der Waals surface area (Å²) in [4.78, 5) is 78.9. The highest BCUT2D eigenvalue weighted by atomic mass is 32.2. The third-order valence-corrected chi connectivity index (χ3v) is 11.1. The predicted octanol–water partition coefficient (Wildman–Crippen LogP) is 1.28. The Labute approximate surface area is 246 Å². The first-order valence-electron chi connectivity index (χ1n) is 11.7. The Bertz CT molecular complexity index is 2050. The SMILES string of the molecule is C/C(C=C1Sc2ccccc2N1C)=c1\s/c(=c2/s/c(=C3/SC(=O)N(C)C3=O)n(CC(=O)O)c2=O)n(CC(=O)O)c1=O. The van der Waals surface area contributed by atoms with Crippen molar-refractivity contribution in [2.45, 2.75) is 24.9 Å². The van der Waals surface area contributed by atoms with Gasteiger partial charge < -0.3 is 15.1 Å². The van der Waals surface area contributed by atoms with E-state index < -0.39 is 47.3 Å². The molecule has 1 aromatic carbocycles. The molecule has 0 aliphatic carbocycles. The zero-order chi connectivity index (χ0) is 29.7. The van der Waals surface area contributed by atoms with Crippen molar-refractivity contribution < 1.29 is 29.4 Å². The average molecular weight is 633 g/mol. The van der Waals surface area contributed by atoms with Gasteiger partial charge in [0.15, 0.2) is 0 Å². The zero-order valence-electron chi connectivity index (χ0n) is 21.6. The van der Waals surface area contributed by atoms with Crippen molar-refractivity contribution >= 4 is 85.4 Å². The van der Waals surface area contributed by atoms with Crippen molar-refractivity contribution in [1.29, 1.82) is 0 Å². The summed E-state index contributed by atoms with van der Waals surface area (Å²) in [6.45, 7) is 0.161. The van der Waals surface area contributed by atoms with Gasteiger partial charge in [-0.1, -0.05) is 23.9 Å². The second kappa shape index (κ2) is 10.8. The van der Waals surface area contributed by atoms with Gasteiger partial charge in [0.25, 0.3) is 22.3 Å². The van der Waals surface area contributed by atoms with Gasteiger partial charge in [0.05, 0.1) is 15.2 Å². The number of aromatic nitrogens is 2. The van der Waals surface area contributed by atoms with Gasteiger partial charge in [0.1, 0.15) is 31.9 Å². The first-order chi connectivity index (χ1) is 19.4. The number of aliphatic carboxylic acids is 2. The predicted molar refractivity (Wildman–Crippen MR) is 156 cm³/mol. The minimum Gasteiger partial charge on any atom is -0.480 e. The molecule has 0 bridgehead atoms. The molecule has 4 heterocycles. The Morgan fingerprint density at radius 2 is 1.49 bits per heavy atom. The summed E-state index contributed by atoms with van der Waals surface area (Å²) in [6.07, 6.45) is 1.81. The Hall–Kier alpha value is -3.86. The van der Waals surface area contributed by atoms with Gasteiger partial charge in [-0.3, -0.25) is 42.8 Å². The number of allylic oxidation sites excluding steroid dienone is 1. The smallest absolute Gasteiger partial charge is 0.323 e. The van der Waals surface area contributed by atoms with Crippen molar-refractivity contribution in [3.63, 3.8) is 0 Å². The average Bonchev–Trinajstić information content (AvgIpc) is 3.59. The lowest BCUT2D eigenvalue weighted by Gasteiger charge is -2.13. The van der Waals surface area contributed by atoms with Crippen LogP contribution in [0.4, 0.5) is 10.5 Å². The molecule has 2 N–H and O–H groups in total. The maximum Gasteiger partial charge on any atom is 0.323 e. The highest BCUT2D eigenvalue weighted by Crippen LogP contribution is 2.45. The van der Waals surface area contributed by atoms with Crippen LogP contribution in [-0.2, 0) is 27.5 Å². The van der Waals surface area contributed by atoms with E-state index in [1.165, 1.54) is 18.8 Å². The molecule has 2 aliphatic rings. The lowest BCUT2D eigenvalue weighted by Crippen LogP contribution is -2.32. The van der Waals surface area contributed by atoms with Crippen LogP contribution >= 0.6 is 46.2 Å². The summed E-state index contributed by atoms with van der Waals surface area (Å²) >= 11 is 3.72. The fourth-order valence-corrected chi connectivity index (χ4v) is 8.71. The van der Waals surface area contributed by atoms with Crippen LogP contribution in [0, 0.1) is 9.20 Å². The van der Waals surface area contributed by atoms with Crippen LogP contribution in [0.1, 0.15) is 6.92 Å². The van der Waals surface area contributed by atoms with Crippen molar-refractivity contribution in [3.05, 3.63) is 74.5 Å².